The third-order valence-corrected chi connectivity index (χ3v) is 8.31. The number of hydrogen-bond donors (Lipinski definition) is 1. The summed E-state index contributed by atoms with van der Waals surface area (Å²) in [5, 5.41) is 3.97. The van der Waals surface area contributed by atoms with E-state index in [0.717, 1.165) is 28.9 Å². The van der Waals surface area contributed by atoms with Crippen LogP contribution in [-0.4, -0.2) is 54.9 Å². The number of rotatable bonds is 5. The monoisotopic (exact) mass is 408 g/mol. The standard InChI is InChI=1S/C18H24N4O3S2/c1-2-22(9-15(23)21-12-7-8-27(24,25)10-12)17-16-13-5-3-4-6-14(13)26-18(16)20-11-19-17/h11-12H,2-10H2,1H3,(H,21,23). The van der Waals surface area contributed by atoms with Crippen LogP contribution in [0.2, 0.25) is 0 Å². The predicted molar refractivity (Wildman–Crippen MR) is 107 cm³/mol. The summed E-state index contributed by atoms with van der Waals surface area (Å²) in [5.41, 5.74) is 1.34. The van der Waals surface area contributed by atoms with Crippen LogP contribution < -0.4 is 10.2 Å². The lowest BCUT2D eigenvalue weighted by Gasteiger charge is -2.23. The predicted octanol–water partition coefficient (Wildman–Crippen LogP) is 1.70. The van der Waals surface area contributed by atoms with Crippen molar-refractivity contribution in [1.29, 1.82) is 0 Å². The molecule has 1 saturated heterocycles. The molecule has 27 heavy (non-hydrogen) atoms. The van der Waals surface area contributed by atoms with Crippen molar-refractivity contribution in [3.8, 4) is 0 Å². The lowest BCUT2D eigenvalue weighted by Crippen LogP contribution is -2.43. The van der Waals surface area contributed by atoms with Crippen LogP contribution in [0.5, 0.6) is 0 Å². The number of aromatic nitrogens is 2. The summed E-state index contributed by atoms with van der Waals surface area (Å²) in [5.74, 6) is 0.856. The van der Waals surface area contributed by atoms with Gasteiger partial charge in [0.05, 0.1) is 23.4 Å². The van der Waals surface area contributed by atoms with Crippen LogP contribution in [0.25, 0.3) is 10.2 Å². The van der Waals surface area contributed by atoms with Gasteiger partial charge in [-0.3, -0.25) is 4.79 Å². The van der Waals surface area contributed by atoms with Crippen LogP contribution in [0.3, 0.4) is 0 Å². The molecule has 2 aliphatic rings. The molecular weight excluding hydrogens is 384 g/mol. The maximum absolute atomic E-state index is 12.5. The van der Waals surface area contributed by atoms with Crippen molar-refractivity contribution in [2.75, 3.05) is 29.5 Å². The van der Waals surface area contributed by atoms with Crippen LogP contribution in [0, 0.1) is 0 Å². The van der Waals surface area contributed by atoms with Crippen molar-refractivity contribution in [3.63, 3.8) is 0 Å². The van der Waals surface area contributed by atoms with Gasteiger partial charge in [0.2, 0.25) is 5.91 Å². The topological polar surface area (TPSA) is 92.3 Å². The van der Waals surface area contributed by atoms with Crippen LogP contribution in [0.4, 0.5) is 5.82 Å². The zero-order chi connectivity index (χ0) is 19.0. The lowest BCUT2D eigenvalue weighted by molar-refractivity contribution is -0.120. The average Bonchev–Trinajstić information content (AvgIpc) is 3.18. The molecule has 1 fully saturated rings. The van der Waals surface area contributed by atoms with Crippen LogP contribution in [0.15, 0.2) is 6.33 Å². The van der Waals surface area contributed by atoms with E-state index < -0.39 is 9.84 Å². The number of nitrogens with one attached hydrogen (secondary N) is 1. The van der Waals surface area contributed by atoms with Gasteiger partial charge in [-0.2, -0.15) is 0 Å². The lowest BCUT2D eigenvalue weighted by atomic mass is 9.97. The van der Waals surface area contributed by atoms with Crippen LogP contribution >= 0.6 is 11.3 Å². The Kier molecular flexibility index (Phi) is 5.07. The van der Waals surface area contributed by atoms with Crippen molar-refractivity contribution in [2.24, 2.45) is 0 Å². The van der Waals surface area contributed by atoms with Gasteiger partial charge in [0.1, 0.15) is 17.0 Å². The molecule has 0 aromatic carbocycles. The van der Waals surface area contributed by atoms with E-state index in [0.29, 0.717) is 13.0 Å². The first-order valence-corrected chi connectivity index (χ1v) is 12.1. The largest absolute Gasteiger partial charge is 0.351 e. The molecule has 9 heteroatoms. The zero-order valence-electron chi connectivity index (χ0n) is 15.4. The summed E-state index contributed by atoms with van der Waals surface area (Å²) >= 11 is 1.74. The summed E-state index contributed by atoms with van der Waals surface area (Å²) in [7, 11) is -3.01. The molecule has 1 unspecified atom stereocenters. The first-order chi connectivity index (χ1) is 13.0. The second kappa shape index (κ2) is 7.35. The molecule has 1 atom stereocenters. The maximum Gasteiger partial charge on any atom is 0.239 e. The normalized spacial score (nSPS) is 21.1. The minimum Gasteiger partial charge on any atom is -0.351 e. The number of likely N-dealkylation sites (N-methyl/N-ethyl adjacent to an activating group) is 1. The molecular formula is C18H24N4O3S2. The van der Waals surface area contributed by atoms with Gasteiger partial charge in [-0.1, -0.05) is 0 Å². The number of aryl methyl sites for hydroxylation is 2. The van der Waals surface area contributed by atoms with E-state index in [4.69, 9.17) is 0 Å². The number of anilines is 1. The first-order valence-electron chi connectivity index (χ1n) is 9.47. The number of thiophene rings is 1. The summed E-state index contributed by atoms with van der Waals surface area (Å²) in [6.45, 7) is 2.82. The molecule has 1 amide bonds. The fraction of sp³-hybridized carbons (Fsp3) is 0.611. The van der Waals surface area contributed by atoms with Gasteiger partial charge in [0, 0.05) is 17.5 Å². The maximum atomic E-state index is 12.5. The number of hydrogen-bond acceptors (Lipinski definition) is 7. The van der Waals surface area contributed by atoms with Crippen molar-refractivity contribution in [1.82, 2.24) is 15.3 Å². The highest BCUT2D eigenvalue weighted by Gasteiger charge is 2.29. The number of amides is 1. The van der Waals surface area contributed by atoms with Gasteiger partial charge < -0.3 is 10.2 Å². The highest BCUT2D eigenvalue weighted by Crippen LogP contribution is 2.39. The molecule has 7 nitrogen and oxygen atoms in total. The molecule has 4 rings (SSSR count). The van der Waals surface area contributed by atoms with E-state index in [-0.39, 0.29) is 30.0 Å². The summed E-state index contributed by atoms with van der Waals surface area (Å²) < 4.78 is 23.2. The molecule has 2 aromatic rings. The first kappa shape index (κ1) is 18.6. The van der Waals surface area contributed by atoms with E-state index in [1.54, 1.807) is 17.7 Å². The molecule has 0 saturated carbocycles. The number of carbonyl (C=O) groups excluding carboxylic acids is 1. The van der Waals surface area contributed by atoms with E-state index in [1.807, 2.05) is 11.8 Å². The smallest absolute Gasteiger partial charge is 0.239 e. The molecule has 1 aliphatic heterocycles. The second-order valence-electron chi connectivity index (χ2n) is 7.27. The van der Waals surface area contributed by atoms with E-state index in [2.05, 4.69) is 15.3 Å². The number of fused-ring (bicyclic) bond motifs is 3. The van der Waals surface area contributed by atoms with E-state index in [9.17, 15) is 13.2 Å². The third-order valence-electron chi connectivity index (χ3n) is 5.34. The van der Waals surface area contributed by atoms with Crippen molar-refractivity contribution < 1.29 is 13.2 Å². The third kappa shape index (κ3) is 3.80. The van der Waals surface area contributed by atoms with Crippen molar-refractivity contribution in [3.05, 3.63) is 16.8 Å². The minimum absolute atomic E-state index is 0.0423. The molecule has 146 valence electrons. The van der Waals surface area contributed by atoms with Crippen molar-refractivity contribution >= 4 is 43.1 Å². The Morgan fingerprint density at radius 2 is 2.15 bits per heavy atom. The fourth-order valence-electron chi connectivity index (χ4n) is 4.01. The molecule has 2 aromatic heterocycles. The Labute approximate surface area is 163 Å². The van der Waals surface area contributed by atoms with E-state index in [1.165, 1.54) is 23.3 Å². The van der Waals surface area contributed by atoms with Gasteiger partial charge in [-0.25, -0.2) is 18.4 Å². The summed E-state index contributed by atoms with van der Waals surface area (Å²) in [4.78, 5) is 25.8. The molecule has 0 radical (unpaired) electrons. The molecule has 1 aliphatic carbocycles. The summed E-state index contributed by atoms with van der Waals surface area (Å²) in [6.07, 6.45) is 6.60. The molecule has 0 bridgehead atoms. The quantitative estimate of drug-likeness (QED) is 0.810. The number of sulfone groups is 1. The second-order valence-corrected chi connectivity index (χ2v) is 10.6. The molecule has 1 N–H and O–H groups in total. The fourth-order valence-corrected chi connectivity index (χ4v) is 6.90. The van der Waals surface area contributed by atoms with Gasteiger partial charge in [-0.05, 0) is 44.6 Å². The number of nitrogens with zero attached hydrogens (tertiary/aromatic N) is 3. The van der Waals surface area contributed by atoms with Gasteiger partial charge in [0.25, 0.3) is 0 Å². The summed E-state index contributed by atoms with van der Waals surface area (Å²) in [6, 6.07) is -0.277. The Balaban J connectivity index is 1.56. The van der Waals surface area contributed by atoms with Gasteiger partial charge in [-0.15, -0.1) is 11.3 Å². The van der Waals surface area contributed by atoms with E-state index >= 15 is 0 Å². The highest BCUT2D eigenvalue weighted by molar-refractivity contribution is 7.91. The Morgan fingerprint density at radius 1 is 1.33 bits per heavy atom. The van der Waals surface area contributed by atoms with Crippen LogP contribution in [0.1, 0.15) is 36.6 Å². The highest BCUT2D eigenvalue weighted by atomic mass is 32.2. The molecule has 3 heterocycles. The zero-order valence-corrected chi connectivity index (χ0v) is 17.0. The average molecular weight is 409 g/mol. The minimum atomic E-state index is -3.01. The van der Waals surface area contributed by atoms with Gasteiger partial charge >= 0.3 is 0 Å². The van der Waals surface area contributed by atoms with Crippen molar-refractivity contribution in [2.45, 2.75) is 45.1 Å². The molecule has 0 spiro atoms. The Hall–Kier alpha value is -1.74. The SMILES string of the molecule is CCN(CC(=O)NC1CCS(=O)(=O)C1)c1ncnc2sc3c(c12)CCCC3. The van der Waals surface area contributed by atoms with Crippen LogP contribution in [-0.2, 0) is 27.5 Å². The Morgan fingerprint density at radius 3 is 2.89 bits per heavy atom. The van der Waals surface area contributed by atoms with Gasteiger partial charge in [0.15, 0.2) is 9.84 Å². The number of carbonyl (C=O) groups is 1. The Bertz CT molecular complexity index is 970.